The molecule has 1 fully saturated rings. The summed E-state index contributed by atoms with van der Waals surface area (Å²) in [5.74, 6) is 0.596. The average molecular weight is 1680 g/mol. The van der Waals surface area contributed by atoms with Crippen LogP contribution >= 0.6 is 53.6 Å². The molecule has 3 atom stereocenters. The van der Waals surface area contributed by atoms with E-state index in [-0.39, 0.29) is 101 Å². The molecule has 8 aromatic carbocycles. The standard InChI is InChI=1S/C25H30Cl2IOP.C24H30.C14H21.C11H13BrO.C7H8O3S.CH4.BrH.Mg.Ni/c1-2-21-30(22-13-6-3-7-14-22,23-15-8-4-9-16-23,24-17-10-5-11-18-24)28(26,27)25-19-12-20-29-25;1-16-11-17-9-8-10-21(22(17)12-16)18-13-19(23(2,3)4)15-20(14-18)24(5,6)7;1-13(2,3)11-8-7-9-12(10-11)14(4,5)6;1-7-6-9-8(11(7)13-2)4-3-5-10(9)12;1-6-2-4-7(5-3-6)11(8,9)10;;;;/h3-11,13-18,25,28H,2,12,19-21H2,1H3;8-11,13-15H,12H2,1-7H3;8-10H,1-6H3;3-5,7,11H,6H2,1-2H3;2-5H,1H3,(H,8,9,10);1H4;1H;;/q;;-1;;;;;+2;/p-1. The summed E-state index contributed by atoms with van der Waals surface area (Å²) in [6.07, 6.45) is 8.79. The summed E-state index contributed by atoms with van der Waals surface area (Å²) < 4.78 is 39.3. The molecule has 0 saturated carbocycles. The van der Waals surface area contributed by atoms with Gasteiger partial charge in [-0.2, -0.15) is 43.8 Å². The van der Waals surface area contributed by atoms with E-state index in [4.69, 9.17) is 31.8 Å². The fourth-order valence-electron chi connectivity index (χ4n) is 12.7. The molecule has 522 valence electrons. The molecule has 1 saturated heterocycles. The number of rotatable bonds is 10. The maximum absolute atomic E-state index is 10.5. The number of alkyl halides is 1. The third-order valence-electron chi connectivity index (χ3n) is 17.9. The second-order valence-corrected chi connectivity index (χ2v) is 61.3. The summed E-state index contributed by atoms with van der Waals surface area (Å²) in [6, 6.07) is 68.7. The smallest absolute Gasteiger partial charge is 1.00 e. The van der Waals surface area contributed by atoms with E-state index in [2.05, 4.69) is 296 Å². The normalized spacial score (nSPS) is 16.4. The Morgan fingerprint density at radius 1 is 0.656 bits per heavy atom. The second kappa shape index (κ2) is 36.4. The maximum atomic E-state index is 10.5. The Morgan fingerprint density at radius 2 is 1.11 bits per heavy atom. The number of halogens is 5. The number of fused-ring (bicyclic) bond motifs is 2. The number of hydrogen-bond acceptors (Lipinski definition) is 4. The second-order valence-electron chi connectivity index (χ2n) is 29.1. The molecular weight excluding hydrogens is 1570 g/mol. The first-order chi connectivity index (χ1) is 43.1. The molecule has 0 spiro atoms. The third kappa shape index (κ3) is 20.3. The predicted octanol–water partition coefficient (Wildman–Crippen LogP) is 19.9. The number of ether oxygens (including phenoxy) is 2. The molecule has 1 N–H and O–H groups in total. The van der Waals surface area contributed by atoms with E-state index in [0.717, 1.165) is 50.4 Å². The van der Waals surface area contributed by atoms with Crippen molar-refractivity contribution in [3.63, 3.8) is 0 Å². The van der Waals surface area contributed by atoms with Crippen LogP contribution in [0.4, 0.5) is 0 Å². The van der Waals surface area contributed by atoms with Crippen LogP contribution in [0.2, 0.25) is 0 Å². The van der Waals surface area contributed by atoms with E-state index in [1.54, 1.807) is 19.2 Å². The van der Waals surface area contributed by atoms with Crippen molar-refractivity contribution in [3.8, 4) is 11.1 Å². The molecule has 0 aromatic heterocycles. The van der Waals surface area contributed by atoms with Gasteiger partial charge in [-0.3, -0.25) is 4.55 Å². The fourth-order valence-corrected chi connectivity index (χ4v) is 56.1. The zero-order valence-electron chi connectivity index (χ0n) is 59.0. The van der Waals surface area contributed by atoms with Crippen LogP contribution in [0, 0.1) is 18.9 Å². The first-order valence-corrected chi connectivity index (χ1v) is 47.4. The van der Waals surface area contributed by atoms with E-state index in [0.29, 0.717) is 5.92 Å². The van der Waals surface area contributed by atoms with Gasteiger partial charge in [0.25, 0.3) is 10.1 Å². The summed E-state index contributed by atoms with van der Waals surface area (Å²) in [6.45, 7) is 36.6. The van der Waals surface area contributed by atoms with Gasteiger partial charge in [0, 0.05) is 28.1 Å². The van der Waals surface area contributed by atoms with Crippen molar-refractivity contribution < 1.29 is 55.9 Å². The molecule has 11 rings (SSSR count). The van der Waals surface area contributed by atoms with Gasteiger partial charge in [-0.05, 0) is 106 Å². The molecule has 1 heterocycles. The summed E-state index contributed by atoms with van der Waals surface area (Å²) in [7, 11) is 13.6. The van der Waals surface area contributed by atoms with Crippen LogP contribution in [0.25, 0.3) is 17.2 Å². The van der Waals surface area contributed by atoms with Crippen molar-refractivity contribution in [1.82, 2.24) is 0 Å². The Morgan fingerprint density at radius 3 is 1.53 bits per heavy atom. The van der Waals surface area contributed by atoms with E-state index in [9.17, 15) is 8.42 Å². The first-order valence-electron chi connectivity index (χ1n) is 32.4. The molecule has 96 heavy (non-hydrogen) atoms. The molecule has 0 radical (unpaired) electrons. The maximum Gasteiger partial charge on any atom is 2.00 e. The number of benzene rings is 8. The third-order valence-corrected chi connectivity index (χ3v) is 61.6. The van der Waals surface area contributed by atoms with Crippen molar-refractivity contribution in [2.75, 3.05) is 19.9 Å². The van der Waals surface area contributed by atoms with Crippen LogP contribution in [-0.4, -0.2) is 60.0 Å². The zero-order chi connectivity index (χ0) is 67.7. The number of hydrogen-bond donors (Lipinski definition) is 1. The van der Waals surface area contributed by atoms with Crippen molar-refractivity contribution in [2.24, 2.45) is 5.92 Å². The monoisotopic (exact) mass is 1670 g/mol. The van der Waals surface area contributed by atoms with Crippen LogP contribution in [0.15, 0.2) is 203 Å². The molecule has 3 aliphatic rings. The molecule has 2 aliphatic carbocycles. The quantitative estimate of drug-likeness (QED) is 0.0369. The molecule has 8 aromatic rings. The molecular formula is C82H106Br2Cl2IMgNiO5PS. The van der Waals surface area contributed by atoms with E-state index >= 15 is 0 Å². The minimum absolute atomic E-state index is 0. The number of methoxy groups -OCH3 is 1. The van der Waals surface area contributed by atoms with Crippen molar-refractivity contribution in [3.05, 3.63) is 254 Å². The Labute approximate surface area is 636 Å². The molecule has 3 unspecified atom stereocenters. The minimum Gasteiger partial charge on any atom is -1.00 e. The summed E-state index contributed by atoms with van der Waals surface area (Å²) in [5, 5.41) is 3.93. The van der Waals surface area contributed by atoms with Crippen LogP contribution in [-0.2, 0) is 70.6 Å². The molecule has 1 aliphatic heterocycles. The Balaban J connectivity index is 0.000000326. The van der Waals surface area contributed by atoms with Gasteiger partial charge >= 0.3 is 215 Å². The molecule has 0 bridgehead atoms. The first kappa shape index (κ1) is 87.5. The summed E-state index contributed by atoms with van der Waals surface area (Å²) in [5.41, 5.74) is 17.2. The van der Waals surface area contributed by atoms with Crippen LogP contribution in [0.1, 0.15) is 187 Å². The number of aryl methyl sites for hydroxylation is 1. The van der Waals surface area contributed by atoms with Crippen molar-refractivity contribution in [2.45, 2.75) is 187 Å². The topological polar surface area (TPSA) is 72.8 Å². The zero-order valence-corrected chi connectivity index (χ0v) is 70.2. The Hall–Kier alpha value is -2.71. The molecule has 5 nitrogen and oxygen atoms in total. The van der Waals surface area contributed by atoms with Gasteiger partial charge in [0.05, 0.1) is 11.0 Å². The fraction of sp³-hybridized carbons (Fsp3) is 0.390. The van der Waals surface area contributed by atoms with Crippen molar-refractivity contribution >= 4 is 109 Å². The predicted molar refractivity (Wildman–Crippen MR) is 426 cm³/mol. The van der Waals surface area contributed by atoms with Gasteiger partial charge < -0.3 is 21.7 Å². The minimum atomic E-state index is -4.02. The Bertz CT molecular complexity index is 3740. The largest absolute Gasteiger partial charge is 2.00 e. The van der Waals surface area contributed by atoms with E-state index in [1.807, 2.05) is 6.92 Å². The van der Waals surface area contributed by atoms with E-state index < -0.39 is 30.0 Å². The Kier molecular flexibility index (Phi) is 33.2. The van der Waals surface area contributed by atoms with Crippen LogP contribution in [0.5, 0.6) is 0 Å². The summed E-state index contributed by atoms with van der Waals surface area (Å²) >= 11 is -0.249. The molecule has 0 amide bonds. The number of allylic oxidation sites excluding steroid dienone is 1. The SMILES string of the molecule is C.CC(C)(C)c1c[c-]cc(C(C)(C)C)c1.CC1=Cc2cccc(-c3cc(C(C)(C)C)cc(C(C)(C)C)c3)c2C1.CCCP(c1ccccc1)(c1ccccc1)(c1ccccc1)[IH](Cl)(Cl)C1CCCO1.COC1c2cccc(Br)c2CC1C.Cc1ccc(S(=O)(=O)O)cc1.[Br-].[Mg+2].[Ni]. The van der Waals surface area contributed by atoms with Gasteiger partial charge in [0.1, 0.15) is 0 Å². The molecule has 14 heteroatoms. The van der Waals surface area contributed by atoms with Gasteiger partial charge in [0.15, 0.2) is 0 Å². The summed E-state index contributed by atoms with van der Waals surface area (Å²) in [4.78, 5) is -0.0666. The van der Waals surface area contributed by atoms with Gasteiger partial charge in [-0.1, -0.05) is 202 Å². The van der Waals surface area contributed by atoms with Gasteiger partial charge in [-0.25, -0.2) is 0 Å². The van der Waals surface area contributed by atoms with Crippen LogP contribution in [0.3, 0.4) is 0 Å². The van der Waals surface area contributed by atoms with Crippen LogP contribution < -0.4 is 32.9 Å². The van der Waals surface area contributed by atoms with Gasteiger partial charge in [-0.15, -0.1) is 0 Å². The average Bonchev–Trinajstić information content (AvgIpc) is 0.797. The van der Waals surface area contributed by atoms with Gasteiger partial charge in [0.2, 0.25) is 0 Å². The van der Waals surface area contributed by atoms with Crippen molar-refractivity contribution in [1.29, 1.82) is 0 Å². The van der Waals surface area contributed by atoms with E-state index in [1.165, 1.54) is 93.7 Å².